The summed E-state index contributed by atoms with van der Waals surface area (Å²) >= 11 is 0. The maximum absolute atomic E-state index is 11.9. The lowest BCUT2D eigenvalue weighted by molar-refractivity contribution is -0.132. The van der Waals surface area contributed by atoms with E-state index < -0.39 is 5.54 Å². The Bertz CT molecular complexity index is 196. The van der Waals surface area contributed by atoms with E-state index in [2.05, 4.69) is 13.8 Å². The first kappa shape index (κ1) is 14.4. The molecule has 2 N–H and O–H groups in total. The number of amides is 1. The third kappa shape index (κ3) is 6.50. The van der Waals surface area contributed by atoms with Gasteiger partial charge in [0.25, 0.3) is 0 Å². The maximum Gasteiger partial charge on any atom is 0.224 e. The predicted molar refractivity (Wildman–Crippen MR) is 64.6 cm³/mol. The zero-order valence-electron chi connectivity index (χ0n) is 10.8. The molecule has 0 spiro atoms. The molecule has 0 aliphatic heterocycles. The van der Waals surface area contributed by atoms with Crippen LogP contribution in [0, 0.1) is 5.92 Å². The molecule has 0 aromatic rings. The van der Waals surface area contributed by atoms with Crippen LogP contribution in [0.1, 0.15) is 47.5 Å². The summed E-state index contributed by atoms with van der Waals surface area (Å²) in [6.07, 6.45) is 1.53. The zero-order chi connectivity index (χ0) is 12.1. The fourth-order valence-electron chi connectivity index (χ4n) is 1.41. The van der Waals surface area contributed by atoms with E-state index in [1.165, 1.54) is 0 Å². The second-order valence-corrected chi connectivity index (χ2v) is 5.11. The van der Waals surface area contributed by atoms with Gasteiger partial charge in [-0.15, -0.1) is 0 Å². The molecule has 0 aliphatic rings. The van der Waals surface area contributed by atoms with E-state index in [1.54, 1.807) is 0 Å². The van der Waals surface area contributed by atoms with Crippen molar-refractivity contribution in [3.8, 4) is 0 Å². The standard InChI is InChI=1S/C12H26N2O/c1-6-10(3)9-14(7-2)11(15)8-12(4,5)13/h10H,6-9,13H2,1-5H3. The minimum atomic E-state index is -0.403. The Morgan fingerprint density at radius 1 is 1.40 bits per heavy atom. The molecule has 0 aliphatic carbocycles. The van der Waals surface area contributed by atoms with Gasteiger partial charge in [0.05, 0.1) is 0 Å². The second kappa shape index (κ2) is 6.11. The summed E-state index contributed by atoms with van der Waals surface area (Å²) in [5, 5.41) is 0. The van der Waals surface area contributed by atoms with Crippen LogP contribution in [0.5, 0.6) is 0 Å². The maximum atomic E-state index is 11.9. The fraction of sp³-hybridized carbons (Fsp3) is 0.917. The van der Waals surface area contributed by atoms with Crippen molar-refractivity contribution >= 4 is 5.91 Å². The van der Waals surface area contributed by atoms with Gasteiger partial charge in [-0.25, -0.2) is 0 Å². The second-order valence-electron chi connectivity index (χ2n) is 5.11. The molecule has 1 atom stereocenters. The molecule has 3 nitrogen and oxygen atoms in total. The Labute approximate surface area is 94.0 Å². The number of carbonyl (C=O) groups is 1. The van der Waals surface area contributed by atoms with Crippen LogP contribution >= 0.6 is 0 Å². The Kier molecular flexibility index (Phi) is 5.88. The summed E-state index contributed by atoms with van der Waals surface area (Å²) in [5.74, 6) is 0.736. The van der Waals surface area contributed by atoms with Gasteiger partial charge in [0.1, 0.15) is 0 Å². The Hall–Kier alpha value is -0.570. The van der Waals surface area contributed by atoms with Gasteiger partial charge < -0.3 is 10.6 Å². The van der Waals surface area contributed by atoms with Crippen molar-refractivity contribution < 1.29 is 4.79 Å². The van der Waals surface area contributed by atoms with Crippen LogP contribution < -0.4 is 5.73 Å². The molecule has 0 aromatic carbocycles. The molecule has 3 heteroatoms. The van der Waals surface area contributed by atoms with Crippen LogP contribution in [0.4, 0.5) is 0 Å². The summed E-state index contributed by atoms with van der Waals surface area (Å²) in [6, 6.07) is 0. The van der Waals surface area contributed by atoms with E-state index in [1.807, 2.05) is 25.7 Å². The zero-order valence-corrected chi connectivity index (χ0v) is 10.8. The molecular formula is C12H26N2O. The van der Waals surface area contributed by atoms with Crippen molar-refractivity contribution in [3.63, 3.8) is 0 Å². The predicted octanol–water partition coefficient (Wildman–Crippen LogP) is 2.01. The van der Waals surface area contributed by atoms with Crippen LogP contribution in [0.2, 0.25) is 0 Å². The van der Waals surface area contributed by atoms with Gasteiger partial charge in [-0.2, -0.15) is 0 Å². The smallest absolute Gasteiger partial charge is 0.224 e. The number of hydrogen-bond acceptors (Lipinski definition) is 2. The lowest BCUT2D eigenvalue weighted by Gasteiger charge is -2.27. The average molecular weight is 214 g/mol. The van der Waals surface area contributed by atoms with Gasteiger partial charge in [-0.1, -0.05) is 20.3 Å². The summed E-state index contributed by atoms with van der Waals surface area (Å²) in [6.45, 7) is 11.7. The molecular weight excluding hydrogens is 188 g/mol. The molecule has 0 aromatic heterocycles. The van der Waals surface area contributed by atoms with Crippen molar-refractivity contribution in [2.75, 3.05) is 13.1 Å². The average Bonchev–Trinajstić information content (AvgIpc) is 2.10. The van der Waals surface area contributed by atoms with E-state index >= 15 is 0 Å². The summed E-state index contributed by atoms with van der Waals surface area (Å²) in [7, 11) is 0. The van der Waals surface area contributed by atoms with Crippen LogP contribution in [-0.2, 0) is 4.79 Å². The Morgan fingerprint density at radius 2 is 1.93 bits per heavy atom. The number of carbonyl (C=O) groups excluding carboxylic acids is 1. The normalized spacial score (nSPS) is 13.7. The minimum Gasteiger partial charge on any atom is -0.343 e. The number of nitrogens with two attached hydrogens (primary N) is 1. The van der Waals surface area contributed by atoms with Crippen LogP contribution in [-0.4, -0.2) is 29.4 Å². The lowest BCUT2D eigenvalue weighted by Crippen LogP contribution is -2.42. The first-order chi connectivity index (χ1) is 6.80. The number of nitrogens with zero attached hydrogens (tertiary/aromatic N) is 1. The molecule has 0 bridgehead atoms. The Morgan fingerprint density at radius 3 is 2.27 bits per heavy atom. The largest absolute Gasteiger partial charge is 0.343 e. The highest BCUT2D eigenvalue weighted by atomic mass is 16.2. The van der Waals surface area contributed by atoms with Crippen molar-refractivity contribution in [3.05, 3.63) is 0 Å². The first-order valence-electron chi connectivity index (χ1n) is 5.86. The molecule has 1 amide bonds. The first-order valence-corrected chi connectivity index (χ1v) is 5.86. The molecule has 0 rings (SSSR count). The van der Waals surface area contributed by atoms with Crippen molar-refractivity contribution in [2.45, 2.75) is 53.0 Å². The monoisotopic (exact) mass is 214 g/mol. The van der Waals surface area contributed by atoms with Crippen molar-refractivity contribution in [2.24, 2.45) is 11.7 Å². The van der Waals surface area contributed by atoms with Gasteiger partial charge in [-0.05, 0) is 26.7 Å². The summed E-state index contributed by atoms with van der Waals surface area (Å²) in [5.41, 5.74) is 5.44. The van der Waals surface area contributed by atoms with Crippen molar-refractivity contribution in [1.82, 2.24) is 4.90 Å². The van der Waals surface area contributed by atoms with Crippen LogP contribution in [0.25, 0.3) is 0 Å². The Balaban J connectivity index is 4.23. The molecule has 0 heterocycles. The molecule has 0 saturated heterocycles. The molecule has 0 radical (unpaired) electrons. The molecule has 0 saturated carbocycles. The molecule has 90 valence electrons. The van der Waals surface area contributed by atoms with E-state index in [4.69, 9.17) is 5.73 Å². The van der Waals surface area contributed by atoms with Crippen molar-refractivity contribution in [1.29, 1.82) is 0 Å². The summed E-state index contributed by atoms with van der Waals surface area (Å²) in [4.78, 5) is 13.8. The summed E-state index contributed by atoms with van der Waals surface area (Å²) < 4.78 is 0. The quantitative estimate of drug-likeness (QED) is 0.735. The van der Waals surface area contributed by atoms with E-state index in [-0.39, 0.29) is 5.91 Å². The number of hydrogen-bond donors (Lipinski definition) is 1. The van der Waals surface area contributed by atoms with Crippen LogP contribution in [0.3, 0.4) is 0 Å². The minimum absolute atomic E-state index is 0.172. The highest BCUT2D eigenvalue weighted by Gasteiger charge is 2.21. The van der Waals surface area contributed by atoms with E-state index in [0.717, 1.165) is 19.5 Å². The fourth-order valence-corrected chi connectivity index (χ4v) is 1.41. The highest BCUT2D eigenvalue weighted by molar-refractivity contribution is 5.77. The van der Waals surface area contributed by atoms with Gasteiger partial charge in [-0.3, -0.25) is 4.79 Å². The number of rotatable bonds is 6. The van der Waals surface area contributed by atoms with Crippen LogP contribution in [0.15, 0.2) is 0 Å². The molecule has 0 fully saturated rings. The third-order valence-electron chi connectivity index (χ3n) is 2.57. The van der Waals surface area contributed by atoms with E-state index in [0.29, 0.717) is 12.3 Å². The van der Waals surface area contributed by atoms with Gasteiger partial charge in [0.15, 0.2) is 0 Å². The molecule has 15 heavy (non-hydrogen) atoms. The molecule has 1 unspecified atom stereocenters. The van der Waals surface area contributed by atoms with Gasteiger partial charge >= 0.3 is 0 Å². The topological polar surface area (TPSA) is 46.3 Å². The SMILES string of the molecule is CCC(C)CN(CC)C(=O)CC(C)(C)N. The lowest BCUT2D eigenvalue weighted by atomic mass is 10.0. The van der Waals surface area contributed by atoms with E-state index in [9.17, 15) is 4.79 Å². The third-order valence-corrected chi connectivity index (χ3v) is 2.57. The van der Waals surface area contributed by atoms with Gasteiger partial charge in [0.2, 0.25) is 5.91 Å². The van der Waals surface area contributed by atoms with Gasteiger partial charge in [0, 0.05) is 25.0 Å². The highest BCUT2D eigenvalue weighted by Crippen LogP contribution is 2.10.